The van der Waals surface area contributed by atoms with Crippen molar-refractivity contribution in [1.82, 2.24) is 15.2 Å². The van der Waals surface area contributed by atoms with Gasteiger partial charge in [-0.1, -0.05) is 27.4 Å². The number of nitrogens with one attached hydrogen (secondary N) is 2. The van der Waals surface area contributed by atoms with E-state index in [1.165, 1.54) is 16.3 Å². The molecule has 0 radical (unpaired) electrons. The molecule has 1 aromatic rings. The minimum absolute atomic E-state index is 0.00824. The maximum atomic E-state index is 12.1. The van der Waals surface area contributed by atoms with Gasteiger partial charge in [-0.25, -0.2) is 0 Å². The summed E-state index contributed by atoms with van der Waals surface area (Å²) in [6, 6.07) is 1.55. The minimum Gasteiger partial charge on any atom is -0.494 e. The second kappa shape index (κ2) is 15.8. The Morgan fingerprint density at radius 1 is 1.22 bits per heavy atom. The Bertz CT molecular complexity index is 857. The first kappa shape index (κ1) is 30.0. The molecular weight excluding hydrogens is 486 g/mol. The largest absolute Gasteiger partial charge is 0.494 e. The number of carbonyl (C=O) groups is 2. The summed E-state index contributed by atoms with van der Waals surface area (Å²) in [5.41, 5.74) is 0.639. The number of ether oxygens (including phenoxy) is 3. The lowest BCUT2D eigenvalue weighted by molar-refractivity contribution is -0.204. The quantitative estimate of drug-likeness (QED) is 0.241. The first-order valence-corrected chi connectivity index (χ1v) is 13.5. The van der Waals surface area contributed by atoms with Crippen molar-refractivity contribution in [2.24, 2.45) is 0 Å². The second-order valence-electron chi connectivity index (χ2n) is 8.70. The van der Waals surface area contributed by atoms with E-state index in [0.717, 1.165) is 25.7 Å². The maximum Gasteiger partial charge on any atom is 0.250 e. The number of carbonyl (C=O) groups excluding carboxylic acids is 2. The van der Waals surface area contributed by atoms with Crippen LogP contribution < -0.4 is 10.6 Å². The third-order valence-electron chi connectivity index (χ3n) is 5.87. The molecule has 0 saturated carbocycles. The highest BCUT2D eigenvalue weighted by Gasteiger charge is 2.24. The van der Waals surface area contributed by atoms with Crippen LogP contribution in [0, 0.1) is 0 Å². The van der Waals surface area contributed by atoms with Gasteiger partial charge in [0, 0.05) is 30.1 Å². The van der Waals surface area contributed by atoms with Gasteiger partial charge in [0.05, 0.1) is 17.6 Å². The van der Waals surface area contributed by atoms with Crippen LogP contribution in [-0.2, 0) is 30.3 Å². The lowest BCUT2D eigenvalue weighted by atomic mass is 10.1. The third-order valence-corrected chi connectivity index (χ3v) is 7.42. The van der Waals surface area contributed by atoms with Gasteiger partial charge in [0.15, 0.2) is 12.2 Å². The molecule has 1 fully saturated rings. The fraction of sp³-hybridized carbons (Fsp3) is 0.680. The molecule has 1 saturated heterocycles. The zero-order chi connectivity index (χ0) is 26.5. The standard InChI is InChI=1S/C25H41N3O7S/c1-5-17(4)27-22(30)16-34-24-10-8-9-18(35-24)14-33-15-21(29)26-11-12-28-23(31)13-20(25(28)32)36-19(6-2)7-3/h13,18-19,24,31-32H,4-12,14-16H2,1-3H3,(H,26,29)(H,27,30). The molecule has 4 N–H and O–H groups in total. The summed E-state index contributed by atoms with van der Waals surface area (Å²) >= 11 is 1.54. The van der Waals surface area contributed by atoms with Crippen molar-refractivity contribution in [2.45, 2.75) is 88.4 Å². The first-order valence-electron chi connectivity index (χ1n) is 12.6. The molecule has 1 aliphatic rings. The molecule has 1 aromatic heterocycles. The lowest BCUT2D eigenvalue weighted by Gasteiger charge is -2.29. The molecule has 2 rings (SSSR count). The van der Waals surface area contributed by atoms with E-state index in [-0.39, 0.29) is 62.6 Å². The van der Waals surface area contributed by atoms with Crippen LogP contribution in [0.1, 0.15) is 59.3 Å². The number of aromatic hydroxyl groups is 2. The summed E-state index contributed by atoms with van der Waals surface area (Å²) < 4.78 is 18.2. The van der Waals surface area contributed by atoms with Gasteiger partial charge in [-0.05, 0) is 38.5 Å². The number of thioether (sulfide) groups is 1. The molecule has 0 aromatic carbocycles. The average Bonchev–Trinajstić information content (AvgIpc) is 3.13. The van der Waals surface area contributed by atoms with E-state index in [2.05, 4.69) is 31.1 Å². The summed E-state index contributed by atoms with van der Waals surface area (Å²) in [5.74, 6) is -0.591. The van der Waals surface area contributed by atoms with E-state index >= 15 is 0 Å². The molecule has 2 unspecified atom stereocenters. The van der Waals surface area contributed by atoms with Crippen molar-refractivity contribution in [1.29, 1.82) is 0 Å². The molecule has 36 heavy (non-hydrogen) atoms. The number of nitrogens with zero attached hydrogens (tertiary/aromatic N) is 1. The number of rotatable bonds is 16. The Balaban J connectivity index is 1.65. The average molecular weight is 528 g/mol. The van der Waals surface area contributed by atoms with Gasteiger partial charge in [-0.15, -0.1) is 11.8 Å². The highest BCUT2D eigenvalue weighted by atomic mass is 32.2. The van der Waals surface area contributed by atoms with Crippen molar-refractivity contribution in [3.8, 4) is 11.8 Å². The normalized spacial score (nSPS) is 17.8. The molecular formula is C25H41N3O7S. The Kier molecular flexibility index (Phi) is 13.2. The van der Waals surface area contributed by atoms with Gasteiger partial charge in [-0.2, -0.15) is 0 Å². The highest BCUT2D eigenvalue weighted by molar-refractivity contribution is 8.00. The molecule has 0 aliphatic carbocycles. The first-order chi connectivity index (χ1) is 17.3. The van der Waals surface area contributed by atoms with E-state index in [9.17, 15) is 19.8 Å². The Morgan fingerprint density at radius 3 is 2.67 bits per heavy atom. The second-order valence-corrected chi connectivity index (χ2v) is 10.0. The number of aromatic nitrogens is 1. The lowest BCUT2D eigenvalue weighted by Crippen LogP contribution is -2.37. The Morgan fingerprint density at radius 2 is 1.97 bits per heavy atom. The van der Waals surface area contributed by atoms with Crippen molar-refractivity contribution >= 4 is 23.6 Å². The number of amides is 2. The number of allylic oxidation sites excluding steroid dienone is 1. The van der Waals surface area contributed by atoms with Crippen molar-refractivity contribution in [2.75, 3.05) is 26.4 Å². The summed E-state index contributed by atoms with van der Waals surface area (Å²) in [7, 11) is 0. The van der Waals surface area contributed by atoms with Gasteiger partial charge in [-0.3, -0.25) is 14.2 Å². The maximum absolute atomic E-state index is 12.1. The van der Waals surface area contributed by atoms with Crippen LogP contribution in [0.4, 0.5) is 0 Å². The van der Waals surface area contributed by atoms with Gasteiger partial charge in [0.25, 0.3) is 0 Å². The van der Waals surface area contributed by atoms with Crippen LogP contribution in [0.25, 0.3) is 0 Å². The van der Waals surface area contributed by atoms with Crippen LogP contribution >= 0.6 is 11.8 Å². The highest BCUT2D eigenvalue weighted by Crippen LogP contribution is 2.38. The Labute approximate surface area is 217 Å². The minimum atomic E-state index is -0.489. The molecule has 1 aliphatic heterocycles. The predicted octanol–water partition coefficient (Wildman–Crippen LogP) is 3.26. The molecule has 204 valence electrons. The SMILES string of the molecule is C=C(CC)NC(=O)COC1CCCC(COCC(=O)NCCn2c(O)cc(SC(CC)CC)c2O)O1. The fourth-order valence-electron chi connectivity index (χ4n) is 3.68. The van der Waals surface area contributed by atoms with Crippen LogP contribution in [0.3, 0.4) is 0 Å². The summed E-state index contributed by atoms with van der Waals surface area (Å²) in [5, 5.41) is 26.3. The van der Waals surface area contributed by atoms with Crippen LogP contribution in [-0.4, -0.2) is 70.6 Å². The summed E-state index contributed by atoms with van der Waals surface area (Å²) in [6.45, 7) is 10.3. The molecule has 2 atom stereocenters. The molecule has 10 nitrogen and oxygen atoms in total. The Hall–Kier alpha value is -2.21. The van der Waals surface area contributed by atoms with Crippen molar-refractivity contribution in [3.63, 3.8) is 0 Å². The molecule has 11 heteroatoms. The predicted molar refractivity (Wildman–Crippen MR) is 138 cm³/mol. The van der Waals surface area contributed by atoms with Gasteiger partial charge in [0.2, 0.25) is 17.7 Å². The third kappa shape index (κ3) is 10.0. The fourth-order valence-corrected chi connectivity index (χ4v) is 4.76. The topological polar surface area (TPSA) is 131 Å². The van der Waals surface area contributed by atoms with Crippen molar-refractivity contribution < 1.29 is 34.0 Å². The van der Waals surface area contributed by atoms with E-state index in [0.29, 0.717) is 28.7 Å². The zero-order valence-corrected chi connectivity index (χ0v) is 22.4. The van der Waals surface area contributed by atoms with Gasteiger partial charge < -0.3 is 35.1 Å². The number of hydrogen-bond donors (Lipinski definition) is 4. The van der Waals surface area contributed by atoms with Crippen LogP contribution in [0.2, 0.25) is 0 Å². The molecule has 2 amide bonds. The van der Waals surface area contributed by atoms with Gasteiger partial charge in [0.1, 0.15) is 13.2 Å². The summed E-state index contributed by atoms with van der Waals surface area (Å²) in [4.78, 5) is 24.6. The van der Waals surface area contributed by atoms with Gasteiger partial charge >= 0.3 is 0 Å². The smallest absolute Gasteiger partial charge is 0.250 e. The van der Waals surface area contributed by atoms with Crippen molar-refractivity contribution in [3.05, 3.63) is 18.3 Å². The summed E-state index contributed by atoms with van der Waals surface area (Å²) in [6.07, 6.45) is 4.23. The van der Waals surface area contributed by atoms with Crippen LogP contribution in [0.5, 0.6) is 11.8 Å². The van der Waals surface area contributed by atoms with Crippen LogP contribution in [0.15, 0.2) is 23.2 Å². The molecule has 2 heterocycles. The monoisotopic (exact) mass is 527 g/mol. The van der Waals surface area contributed by atoms with E-state index in [1.54, 1.807) is 6.07 Å². The molecule has 0 spiro atoms. The van der Waals surface area contributed by atoms with E-state index in [1.807, 2.05) is 6.92 Å². The van der Waals surface area contributed by atoms with E-state index < -0.39 is 6.29 Å². The zero-order valence-electron chi connectivity index (χ0n) is 21.6. The van der Waals surface area contributed by atoms with E-state index in [4.69, 9.17) is 14.2 Å². The number of hydrogen-bond acceptors (Lipinski definition) is 8. The molecule has 0 bridgehead atoms.